The predicted octanol–water partition coefficient (Wildman–Crippen LogP) is 1.27. The highest BCUT2D eigenvalue weighted by Gasteiger charge is 2.17. The molecular formula is C16H32N4O2. The van der Waals surface area contributed by atoms with Crippen LogP contribution in [-0.2, 0) is 9.53 Å². The molecule has 0 bridgehead atoms. The fourth-order valence-electron chi connectivity index (χ4n) is 2.67. The predicted molar refractivity (Wildman–Crippen MR) is 90.1 cm³/mol. The lowest BCUT2D eigenvalue weighted by atomic mass is 10.0. The van der Waals surface area contributed by atoms with Crippen molar-refractivity contribution in [3.05, 3.63) is 0 Å². The van der Waals surface area contributed by atoms with Gasteiger partial charge in [0, 0.05) is 46.3 Å². The molecule has 0 atom stereocenters. The minimum atomic E-state index is 0.177. The number of hydrogen-bond donors (Lipinski definition) is 3. The number of carbonyl (C=O) groups is 1. The molecule has 1 rings (SSSR count). The van der Waals surface area contributed by atoms with Gasteiger partial charge in [-0.2, -0.15) is 0 Å². The average molecular weight is 312 g/mol. The normalized spacial score (nSPS) is 15.8. The Hall–Kier alpha value is -1.30. The molecule has 0 radical (unpaired) electrons. The standard InChI is InChI=1S/C16H32N4O2/c1-3-17-16(19-9-6-12-22-2)20-11-10-18-15(21)13-14-7-4-5-8-14/h14H,3-13H2,1-2H3,(H,18,21)(H2,17,19,20). The maximum atomic E-state index is 11.8. The van der Waals surface area contributed by atoms with Crippen molar-refractivity contribution in [2.75, 3.05) is 39.9 Å². The van der Waals surface area contributed by atoms with Crippen molar-refractivity contribution in [2.24, 2.45) is 10.9 Å². The maximum Gasteiger partial charge on any atom is 0.220 e. The van der Waals surface area contributed by atoms with Crippen LogP contribution in [0.25, 0.3) is 0 Å². The van der Waals surface area contributed by atoms with Crippen molar-refractivity contribution in [1.29, 1.82) is 0 Å². The lowest BCUT2D eigenvalue weighted by molar-refractivity contribution is -0.121. The first-order valence-corrected chi connectivity index (χ1v) is 8.54. The summed E-state index contributed by atoms with van der Waals surface area (Å²) in [7, 11) is 1.70. The molecule has 1 aliphatic rings. The van der Waals surface area contributed by atoms with E-state index >= 15 is 0 Å². The number of amides is 1. The Morgan fingerprint density at radius 1 is 1.18 bits per heavy atom. The molecule has 0 saturated heterocycles. The van der Waals surface area contributed by atoms with Crippen LogP contribution in [0.15, 0.2) is 4.99 Å². The van der Waals surface area contributed by atoms with E-state index < -0.39 is 0 Å². The Labute approximate surface area is 134 Å². The van der Waals surface area contributed by atoms with Crippen molar-refractivity contribution in [3.8, 4) is 0 Å². The van der Waals surface area contributed by atoms with Crippen LogP contribution in [0.5, 0.6) is 0 Å². The van der Waals surface area contributed by atoms with Crippen LogP contribution in [-0.4, -0.2) is 51.8 Å². The Bertz CT molecular complexity index is 328. The second kappa shape index (κ2) is 12.3. The van der Waals surface area contributed by atoms with Gasteiger partial charge in [0.1, 0.15) is 0 Å². The SMILES string of the molecule is CCNC(=NCCCOC)NCCNC(=O)CC1CCCC1. The molecule has 0 aliphatic heterocycles. The molecule has 1 fully saturated rings. The van der Waals surface area contributed by atoms with Gasteiger partial charge in [-0.1, -0.05) is 12.8 Å². The van der Waals surface area contributed by atoms with Crippen LogP contribution >= 0.6 is 0 Å². The fourth-order valence-corrected chi connectivity index (χ4v) is 2.67. The molecule has 0 aromatic rings. The Morgan fingerprint density at radius 2 is 1.91 bits per heavy atom. The van der Waals surface area contributed by atoms with Crippen molar-refractivity contribution in [3.63, 3.8) is 0 Å². The van der Waals surface area contributed by atoms with E-state index in [0.717, 1.165) is 32.1 Å². The number of nitrogens with zero attached hydrogens (tertiary/aromatic N) is 1. The van der Waals surface area contributed by atoms with Gasteiger partial charge in [0.2, 0.25) is 5.91 Å². The van der Waals surface area contributed by atoms with Crippen LogP contribution in [0, 0.1) is 5.92 Å². The number of carbonyl (C=O) groups excluding carboxylic acids is 1. The molecule has 0 aromatic heterocycles. The lowest BCUT2D eigenvalue weighted by Crippen LogP contribution is -2.41. The highest BCUT2D eigenvalue weighted by atomic mass is 16.5. The Morgan fingerprint density at radius 3 is 2.59 bits per heavy atom. The molecule has 0 aromatic carbocycles. The van der Waals surface area contributed by atoms with Crippen LogP contribution < -0.4 is 16.0 Å². The summed E-state index contributed by atoms with van der Waals surface area (Å²) in [5.74, 6) is 1.58. The Balaban J connectivity index is 2.11. The zero-order chi connectivity index (χ0) is 16.0. The first-order valence-electron chi connectivity index (χ1n) is 8.54. The number of nitrogens with one attached hydrogen (secondary N) is 3. The Kier molecular flexibility index (Phi) is 10.5. The van der Waals surface area contributed by atoms with Gasteiger partial charge in [-0.15, -0.1) is 0 Å². The molecule has 6 heteroatoms. The van der Waals surface area contributed by atoms with Crippen molar-refractivity contribution in [2.45, 2.75) is 45.4 Å². The van der Waals surface area contributed by atoms with Gasteiger partial charge >= 0.3 is 0 Å². The first kappa shape index (κ1) is 18.7. The average Bonchev–Trinajstić information content (AvgIpc) is 3.00. The van der Waals surface area contributed by atoms with E-state index in [1.54, 1.807) is 7.11 Å². The fraction of sp³-hybridized carbons (Fsp3) is 0.875. The van der Waals surface area contributed by atoms with Gasteiger partial charge in [0.25, 0.3) is 0 Å². The molecule has 1 amide bonds. The third-order valence-corrected chi connectivity index (χ3v) is 3.81. The third-order valence-electron chi connectivity index (χ3n) is 3.81. The summed E-state index contributed by atoms with van der Waals surface area (Å²) in [6.45, 7) is 5.64. The number of hydrogen-bond acceptors (Lipinski definition) is 3. The monoisotopic (exact) mass is 312 g/mol. The number of aliphatic imine (C=N–C) groups is 1. The third kappa shape index (κ3) is 8.87. The summed E-state index contributed by atoms with van der Waals surface area (Å²) >= 11 is 0. The first-order chi connectivity index (χ1) is 10.8. The molecule has 128 valence electrons. The van der Waals surface area contributed by atoms with E-state index in [-0.39, 0.29) is 5.91 Å². The smallest absolute Gasteiger partial charge is 0.220 e. The maximum absolute atomic E-state index is 11.8. The van der Waals surface area contributed by atoms with Gasteiger partial charge < -0.3 is 20.7 Å². The van der Waals surface area contributed by atoms with Gasteiger partial charge in [0.15, 0.2) is 5.96 Å². The molecule has 1 aliphatic carbocycles. The van der Waals surface area contributed by atoms with Gasteiger partial charge in [-0.25, -0.2) is 0 Å². The van der Waals surface area contributed by atoms with E-state index in [2.05, 4.69) is 20.9 Å². The zero-order valence-corrected chi connectivity index (χ0v) is 14.1. The second-order valence-electron chi connectivity index (χ2n) is 5.74. The number of guanidine groups is 1. The number of ether oxygens (including phenoxy) is 1. The second-order valence-corrected chi connectivity index (χ2v) is 5.74. The molecule has 0 unspecified atom stereocenters. The molecule has 6 nitrogen and oxygen atoms in total. The van der Waals surface area contributed by atoms with Crippen LogP contribution in [0.2, 0.25) is 0 Å². The van der Waals surface area contributed by atoms with E-state index in [9.17, 15) is 4.79 Å². The summed E-state index contributed by atoms with van der Waals surface area (Å²) in [6, 6.07) is 0. The summed E-state index contributed by atoms with van der Waals surface area (Å²) in [6.07, 6.45) is 6.58. The lowest BCUT2D eigenvalue weighted by Gasteiger charge is -2.13. The van der Waals surface area contributed by atoms with E-state index in [1.165, 1.54) is 25.7 Å². The summed E-state index contributed by atoms with van der Waals surface area (Å²) in [4.78, 5) is 16.3. The summed E-state index contributed by atoms with van der Waals surface area (Å²) in [5, 5.41) is 9.40. The van der Waals surface area contributed by atoms with Crippen molar-refractivity contribution < 1.29 is 9.53 Å². The van der Waals surface area contributed by atoms with Crippen LogP contribution in [0.1, 0.15) is 45.4 Å². The highest BCUT2D eigenvalue weighted by Crippen LogP contribution is 2.27. The molecule has 0 heterocycles. The van der Waals surface area contributed by atoms with E-state index in [0.29, 0.717) is 25.4 Å². The molecule has 22 heavy (non-hydrogen) atoms. The van der Waals surface area contributed by atoms with Gasteiger partial charge in [-0.3, -0.25) is 9.79 Å². The van der Waals surface area contributed by atoms with E-state index in [4.69, 9.17) is 4.74 Å². The number of rotatable bonds is 10. The summed E-state index contributed by atoms with van der Waals surface area (Å²) in [5.41, 5.74) is 0. The van der Waals surface area contributed by atoms with Crippen LogP contribution in [0.4, 0.5) is 0 Å². The van der Waals surface area contributed by atoms with Gasteiger partial charge in [0.05, 0.1) is 0 Å². The summed E-state index contributed by atoms with van der Waals surface area (Å²) < 4.78 is 5.01. The minimum Gasteiger partial charge on any atom is -0.385 e. The van der Waals surface area contributed by atoms with Crippen LogP contribution in [0.3, 0.4) is 0 Å². The largest absolute Gasteiger partial charge is 0.385 e. The quantitative estimate of drug-likeness (QED) is 0.323. The van der Waals surface area contributed by atoms with Gasteiger partial charge in [-0.05, 0) is 32.1 Å². The molecule has 3 N–H and O–H groups in total. The highest BCUT2D eigenvalue weighted by molar-refractivity contribution is 5.80. The number of methoxy groups -OCH3 is 1. The minimum absolute atomic E-state index is 0.177. The van der Waals surface area contributed by atoms with Crippen molar-refractivity contribution in [1.82, 2.24) is 16.0 Å². The van der Waals surface area contributed by atoms with Crippen molar-refractivity contribution >= 4 is 11.9 Å². The molecule has 1 saturated carbocycles. The molecule has 0 spiro atoms. The van der Waals surface area contributed by atoms with E-state index in [1.807, 2.05) is 6.92 Å². The molecular weight excluding hydrogens is 280 g/mol. The topological polar surface area (TPSA) is 74.8 Å². The zero-order valence-electron chi connectivity index (χ0n) is 14.1.